The molecule has 0 aliphatic carbocycles. The summed E-state index contributed by atoms with van der Waals surface area (Å²) in [6.07, 6.45) is 0. The van der Waals surface area contributed by atoms with Crippen molar-refractivity contribution in [2.75, 3.05) is 0 Å². The van der Waals surface area contributed by atoms with Gasteiger partial charge in [-0.3, -0.25) is 0 Å². The molecule has 5 heteroatoms. The number of hydrogen-bond donors (Lipinski definition) is 0. The zero-order chi connectivity index (χ0) is 8.41. The largest absolute Gasteiger partial charge is 0.452 e. The molecule has 0 aromatic rings. The summed E-state index contributed by atoms with van der Waals surface area (Å²) in [6.45, 7) is 5.24. The van der Waals surface area contributed by atoms with E-state index in [1.807, 2.05) is 0 Å². The summed E-state index contributed by atoms with van der Waals surface area (Å²) in [5.74, 6) is 0. The van der Waals surface area contributed by atoms with Crippen LogP contribution in [0.25, 0.3) is 0 Å². The maximum absolute atomic E-state index is 11.5. The Bertz CT molecular complexity index is 88.4. The van der Waals surface area contributed by atoms with Crippen molar-refractivity contribution >= 4 is 21.6 Å². The fourth-order valence-electron chi connectivity index (χ4n) is 0.172. The van der Waals surface area contributed by atoms with Crippen LogP contribution in [-0.4, -0.2) is 10.3 Å². The lowest BCUT2D eigenvalue weighted by atomic mass is 10.3. The van der Waals surface area contributed by atoms with Gasteiger partial charge in [-0.15, -0.1) is 0 Å². The molecule has 0 rings (SSSR count). The lowest BCUT2D eigenvalue weighted by Gasteiger charge is -2.16. The normalized spacial score (nSPS) is 13.8. The number of halogens is 3. The topological polar surface area (TPSA) is 0 Å². The van der Waals surface area contributed by atoms with Crippen LogP contribution < -0.4 is 0 Å². The molecule has 0 heterocycles. The van der Waals surface area contributed by atoms with Crippen LogP contribution in [0.15, 0.2) is 0 Å². The van der Waals surface area contributed by atoms with Gasteiger partial charge in [0.1, 0.15) is 0 Å². The molecule has 0 aliphatic rings. The van der Waals surface area contributed by atoms with Crippen LogP contribution in [0, 0.1) is 0 Å². The molecule has 10 heavy (non-hydrogen) atoms. The molecule has 0 N–H and O–H groups in total. The van der Waals surface area contributed by atoms with Crippen LogP contribution in [0.4, 0.5) is 13.2 Å². The van der Waals surface area contributed by atoms with E-state index >= 15 is 0 Å². The van der Waals surface area contributed by atoms with Crippen LogP contribution in [0.2, 0.25) is 0 Å². The molecular weight excluding hydrogens is 181 g/mol. The van der Waals surface area contributed by atoms with Gasteiger partial charge in [0.2, 0.25) is 0 Å². The predicted molar refractivity (Wildman–Crippen MR) is 41.0 cm³/mol. The Morgan fingerprint density at radius 2 is 1.30 bits per heavy atom. The second kappa shape index (κ2) is 3.26. The Kier molecular flexibility index (Phi) is 3.42. The second-order valence-electron chi connectivity index (χ2n) is 2.72. The molecule has 62 valence electrons. The monoisotopic (exact) mass is 190 g/mol. The maximum Gasteiger partial charge on any atom is 0.452 e. The average molecular weight is 190 g/mol. The highest BCUT2D eigenvalue weighted by molar-refractivity contribution is 8.77. The van der Waals surface area contributed by atoms with Gasteiger partial charge in [0.25, 0.3) is 0 Å². The Balaban J connectivity index is 3.56. The van der Waals surface area contributed by atoms with E-state index in [1.54, 1.807) is 20.8 Å². The van der Waals surface area contributed by atoms with Gasteiger partial charge in [0.05, 0.1) is 0 Å². The van der Waals surface area contributed by atoms with E-state index in [-0.39, 0.29) is 15.5 Å². The molecule has 0 saturated carbocycles. The van der Waals surface area contributed by atoms with Crippen molar-refractivity contribution < 1.29 is 13.2 Å². The van der Waals surface area contributed by atoms with Crippen molar-refractivity contribution in [2.24, 2.45) is 0 Å². The van der Waals surface area contributed by atoms with Crippen molar-refractivity contribution in [1.82, 2.24) is 0 Å². The smallest absolute Gasteiger partial charge is 0.160 e. The number of hydrogen-bond acceptors (Lipinski definition) is 2. The molecule has 0 radical (unpaired) electrons. The van der Waals surface area contributed by atoms with E-state index in [4.69, 9.17) is 0 Å². The maximum atomic E-state index is 11.5. The third-order valence-corrected chi connectivity index (χ3v) is 3.48. The molecule has 0 saturated heterocycles. The second-order valence-corrected chi connectivity index (χ2v) is 5.75. The molecule has 0 spiro atoms. The Morgan fingerprint density at radius 3 is 1.40 bits per heavy atom. The molecule has 0 amide bonds. The van der Waals surface area contributed by atoms with Crippen molar-refractivity contribution in [3.63, 3.8) is 0 Å². The van der Waals surface area contributed by atoms with Crippen LogP contribution in [0.1, 0.15) is 20.8 Å². The van der Waals surface area contributed by atoms with E-state index in [9.17, 15) is 13.2 Å². The van der Waals surface area contributed by atoms with E-state index in [0.717, 1.165) is 10.8 Å². The first-order chi connectivity index (χ1) is 4.21. The van der Waals surface area contributed by atoms with Gasteiger partial charge in [0.15, 0.2) is 0 Å². The van der Waals surface area contributed by atoms with Crippen LogP contribution in [0.3, 0.4) is 0 Å². The summed E-state index contributed by atoms with van der Waals surface area (Å²) in [5.41, 5.74) is -4.11. The zero-order valence-corrected chi connectivity index (χ0v) is 7.58. The van der Waals surface area contributed by atoms with Gasteiger partial charge in [0, 0.05) is 15.5 Å². The van der Waals surface area contributed by atoms with Crippen molar-refractivity contribution in [3.8, 4) is 0 Å². The van der Waals surface area contributed by atoms with E-state index in [2.05, 4.69) is 0 Å². The van der Waals surface area contributed by atoms with Crippen molar-refractivity contribution in [1.29, 1.82) is 0 Å². The molecule has 0 aromatic heterocycles. The van der Waals surface area contributed by atoms with Crippen molar-refractivity contribution in [3.05, 3.63) is 0 Å². The minimum Gasteiger partial charge on any atom is -0.160 e. The molecule has 0 unspecified atom stereocenters. The fraction of sp³-hybridized carbons (Fsp3) is 1.00. The summed E-state index contributed by atoms with van der Waals surface area (Å²) >= 11 is 0. The quantitative estimate of drug-likeness (QED) is 0.578. The van der Waals surface area contributed by atoms with Gasteiger partial charge in [-0.2, -0.15) is 13.2 Å². The Morgan fingerprint density at radius 1 is 0.900 bits per heavy atom. The molecule has 0 aliphatic heterocycles. The Labute approximate surface area is 66.3 Å². The summed E-state index contributed by atoms with van der Waals surface area (Å²) in [5, 5.41) is 0. The third-order valence-electron chi connectivity index (χ3n) is 0.386. The van der Waals surface area contributed by atoms with Gasteiger partial charge in [-0.05, 0) is 0 Å². The molecular formula is C5H9F3S2. The van der Waals surface area contributed by atoms with E-state index in [0.29, 0.717) is 0 Å². The van der Waals surface area contributed by atoms with Crippen LogP contribution in [0.5, 0.6) is 0 Å². The van der Waals surface area contributed by atoms with E-state index < -0.39 is 5.51 Å². The highest BCUT2D eigenvalue weighted by Crippen LogP contribution is 2.45. The highest BCUT2D eigenvalue weighted by atomic mass is 33.1. The van der Waals surface area contributed by atoms with Crippen molar-refractivity contribution in [2.45, 2.75) is 31.0 Å². The number of alkyl halides is 3. The summed E-state index contributed by atoms with van der Waals surface area (Å²) in [7, 11) is 0.789. The van der Waals surface area contributed by atoms with E-state index in [1.165, 1.54) is 0 Å². The third kappa shape index (κ3) is 8.49. The first-order valence-electron chi connectivity index (χ1n) is 2.64. The molecule has 0 atom stereocenters. The first-order valence-corrected chi connectivity index (χ1v) is 4.79. The molecule has 0 aromatic carbocycles. The standard InChI is InChI=1S/C5H9F3S2/c1-4(2,3)9-10-5(6,7)8/h1-3H3. The van der Waals surface area contributed by atoms with Gasteiger partial charge in [-0.25, -0.2) is 0 Å². The average Bonchev–Trinajstić information content (AvgIpc) is 1.57. The van der Waals surface area contributed by atoms with Gasteiger partial charge < -0.3 is 0 Å². The highest BCUT2D eigenvalue weighted by Gasteiger charge is 2.31. The van der Waals surface area contributed by atoms with Gasteiger partial charge in [-0.1, -0.05) is 31.6 Å². The summed E-state index contributed by atoms with van der Waals surface area (Å²) < 4.78 is 34.3. The lowest BCUT2D eigenvalue weighted by molar-refractivity contribution is -0.0311. The number of rotatable bonds is 1. The predicted octanol–water partition coefficient (Wildman–Crippen LogP) is 3.69. The summed E-state index contributed by atoms with van der Waals surface area (Å²) in [6, 6.07) is 0. The summed E-state index contributed by atoms with van der Waals surface area (Å²) in [4.78, 5) is 0. The molecule has 0 nitrogen and oxygen atoms in total. The van der Waals surface area contributed by atoms with Crippen LogP contribution >= 0.6 is 21.6 Å². The first kappa shape index (κ1) is 10.5. The zero-order valence-electron chi connectivity index (χ0n) is 5.95. The Hall–Kier alpha value is 0.490. The lowest BCUT2D eigenvalue weighted by Crippen LogP contribution is -2.08. The molecule has 0 fully saturated rings. The van der Waals surface area contributed by atoms with Gasteiger partial charge >= 0.3 is 5.51 Å². The SMILES string of the molecule is CC(C)(C)SSC(F)(F)F. The van der Waals surface area contributed by atoms with Crippen LogP contribution in [-0.2, 0) is 0 Å². The fourth-order valence-corrected chi connectivity index (χ4v) is 1.55. The molecule has 0 bridgehead atoms. The minimum atomic E-state index is -4.11. The minimum absolute atomic E-state index is 0.0428.